The van der Waals surface area contributed by atoms with E-state index >= 15 is 0 Å². The van der Waals surface area contributed by atoms with E-state index in [1.807, 2.05) is 6.07 Å². The molecule has 2 N–H and O–H groups in total. The van der Waals surface area contributed by atoms with Gasteiger partial charge in [0.1, 0.15) is 0 Å². The van der Waals surface area contributed by atoms with Gasteiger partial charge in [0, 0.05) is 12.6 Å². The third kappa shape index (κ3) is 6.71. The van der Waals surface area contributed by atoms with E-state index < -0.39 is 5.97 Å². The summed E-state index contributed by atoms with van der Waals surface area (Å²) in [6, 6.07) is 10.7. The largest absolute Gasteiger partial charge is 0.481 e. The van der Waals surface area contributed by atoms with Crippen molar-refractivity contribution in [1.29, 1.82) is 0 Å². The standard InChI is InChI=1S/C17H27NO2/c1-13(2)11-16(17(19)20)12-18-14(3)9-10-15-7-5-4-6-8-15/h4-8,13-14,16,18H,9-12H2,1-3H3,(H,19,20). The number of aryl methyl sites for hydroxylation is 1. The minimum Gasteiger partial charge on any atom is -0.481 e. The summed E-state index contributed by atoms with van der Waals surface area (Å²) >= 11 is 0. The normalized spacial score (nSPS) is 14.2. The zero-order valence-electron chi connectivity index (χ0n) is 12.8. The van der Waals surface area contributed by atoms with Crippen LogP contribution in [0.5, 0.6) is 0 Å². The summed E-state index contributed by atoms with van der Waals surface area (Å²) in [5.74, 6) is -0.562. The molecule has 0 fully saturated rings. The molecule has 0 saturated carbocycles. The predicted molar refractivity (Wildman–Crippen MR) is 82.8 cm³/mol. The Labute approximate surface area is 122 Å². The first-order chi connectivity index (χ1) is 9.49. The van der Waals surface area contributed by atoms with Gasteiger partial charge >= 0.3 is 5.97 Å². The van der Waals surface area contributed by atoms with E-state index in [4.69, 9.17) is 0 Å². The van der Waals surface area contributed by atoms with Crippen LogP contribution in [-0.2, 0) is 11.2 Å². The first-order valence-electron chi connectivity index (χ1n) is 7.49. The quantitative estimate of drug-likeness (QED) is 0.728. The topological polar surface area (TPSA) is 49.3 Å². The summed E-state index contributed by atoms with van der Waals surface area (Å²) in [5.41, 5.74) is 1.33. The molecule has 0 heterocycles. The molecular formula is C17H27NO2. The minimum absolute atomic E-state index is 0.283. The van der Waals surface area contributed by atoms with Gasteiger partial charge in [0.25, 0.3) is 0 Å². The molecule has 20 heavy (non-hydrogen) atoms. The molecule has 112 valence electrons. The van der Waals surface area contributed by atoms with E-state index in [1.165, 1.54) is 5.56 Å². The van der Waals surface area contributed by atoms with Crippen LogP contribution < -0.4 is 5.32 Å². The van der Waals surface area contributed by atoms with E-state index in [9.17, 15) is 9.90 Å². The number of carboxylic acids is 1. The van der Waals surface area contributed by atoms with Gasteiger partial charge in [0.05, 0.1) is 5.92 Å². The lowest BCUT2D eigenvalue weighted by Gasteiger charge is -2.19. The van der Waals surface area contributed by atoms with E-state index in [0.717, 1.165) is 19.3 Å². The number of nitrogens with one attached hydrogen (secondary N) is 1. The first-order valence-corrected chi connectivity index (χ1v) is 7.49. The van der Waals surface area contributed by atoms with Crippen LogP contribution in [0.25, 0.3) is 0 Å². The van der Waals surface area contributed by atoms with Crippen molar-refractivity contribution in [2.24, 2.45) is 11.8 Å². The summed E-state index contributed by atoms with van der Waals surface area (Å²) < 4.78 is 0. The maximum Gasteiger partial charge on any atom is 0.307 e. The van der Waals surface area contributed by atoms with Crippen molar-refractivity contribution < 1.29 is 9.90 Å². The summed E-state index contributed by atoms with van der Waals surface area (Å²) in [5, 5.41) is 12.6. The Hall–Kier alpha value is -1.35. The van der Waals surface area contributed by atoms with E-state index in [-0.39, 0.29) is 5.92 Å². The third-order valence-corrected chi connectivity index (χ3v) is 3.53. The average molecular weight is 277 g/mol. The summed E-state index contributed by atoms with van der Waals surface area (Å²) in [6.45, 7) is 6.81. The van der Waals surface area contributed by atoms with Crippen LogP contribution in [0.1, 0.15) is 39.2 Å². The van der Waals surface area contributed by atoms with Gasteiger partial charge in [-0.25, -0.2) is 0 Å². The van der Waals surface area contributed by atoms with Crippen molar-refractivity contribution >= 4 is 5.97 Å². The molecule has 2 atom stereocenters. The van der Waals surface area contributed by atoms with Gasteiger partial charge in [-0.1, -0.05) is 44.2 Å². The average Bonchev–Trinajstić information content (AvgIpc) is 2.41. The van der Waals surface area contributed by atoms with Crippen molar-refractivity contribution in [1.82, 2.24) is 5.32 Å². The van der Waals surface area contributed by atoms with Crippen LogP contribution in [0.4, 0.5) is 0 Å². The molecular weight excluding hydrogens is 250 g/mol. The molecule has 2 unspecified atom stereocenters. The Morgan fingerprint density at radius 1 is 1.20 bits per heavy atom. The van der Waals surface area contributed by atoms with Gasteiger partial charge in [-0.2, -0.15) is 0 Å². The molecule has 1 rings (SSSR count). The van der Waals surface area contributed by atoms with Crippen molar-refractivity contribution in [2.45, 2.75) is 46.1 Å². The number of hydrogen-bond donors (Lipinski definition) is 2. The lowest BCUT2D eigenvalue weighted by atomic mass is 9.96. The highest BCUT2D eigenvalue weighted by atomic mass is 16.4. The van der Waals surface area contributed by atoms with Crippen LogP contribution in [0, 0.1) is 11.8 Å². The molecule has 1 aromatic rings. The number of rotatable bonds is 9. The van der Waals surface area contributed by atoms with Gasteiger partial charge in [-0.15, -0.1) is 0 Å². The fourth-order valence-corrected chi connectivity index (χ4v) is 2.31. The number of aliphatic carboxylic acids is 1. The number of benzene rings is 1. The van der Waals surface area contributed by atoms with E-state index in [0.29, 0.717) is 18.5 Å². The zero-order chi connectivity index (χ0) is 15.0. The smallest absolute Gasteiger partial charge is 0.307 e. The van der Waals surface area contributed by atoms with Crippen molar-refractivity contribution in [3.8, 4) is 0 Å². The highest BCUT2D eigenvalue weighted by molar-refractivity contribution is 5.70. The molecule has 0 aliphatic rings. The van der Waals surface area contributed by atoms with Crippen LogP contribution in [0.2, 0.25) is 0 Å². The monoisotopic (exact) mass is 277 g/mol. The van der Waals surface area contributed by atoms with Gasteiger partial charge in [0.2, 0.25) is 0 Å². The van der Waals surface area contributed by atoms with Crippen molar-refractivity contribution in [3.63, 3.8) is 0 Å². The minimum atomic E-state index is -0.693. The zero-order valence-corrected chi connectivity index (χ0v) is 12.8. The highest BCUT2D eigenvalue weighted by Gasteiger charge is 2.19. The Balaban J connectivity index is 2.30. The van der Waals surface area contributed by atoms with Crippen LogP contribution >= 0.6 is 0 Å². The lowest BCUT2D eigenvalue weighted by Crippen LogP contribution is -2.35. The van der Waals surface area contributed by atoms with Gasteiger partial charge in [-0.05, 0) is 37.7 Å². The number of carboxylic acid groups (broad SMARTS) is 1. The molecule has 0 aliphatic heterocycles. The maximum absolute atomic E-state index is 11.2. The Morgan fingerprint density at radius 3 is 2.40 bits per heavy atom. The number of carbonyl (C=O) groups is 1. The fraction of sp³-hybridized carbons (Fsp3) is 0.588. The number of hydrogen-bond acceptors (Lipinski definition) is 2. The molecule has 0 spiro atoms. The van der Waals surface area contributed by atoms with Gasteiger partial charge < -0.3 is 10.4 Å². The van der Waals surface area contributed by atoms with Crippen LogP contribution in [0.3, 0.4) is 0 Å². The predicted octanol–water partition coefficient (Wildman–Crippen LogP) is 3.34. The fourth-order valence-electron chi connectivity index (χ4n) is 2.31. The lowest BCUT2D eigenvalue weighted by molar-refractivity contribution is -0.142. The molecule has 0 aliphatic carbocycles. The highest BCUT2D eigenvalue weighted by Crippen LogP contribution is 2.12. The first kappa shape index (κ1) is 16.7. The van der Waals surface area contributed by atoms with Crippen LogP contribution in [0.15, 0.2) is 30.3 Å². The van der Waals surface area contributed by atoms with Gasteiger partial charge in [-0.3, -0.25) is 4.79 Å². The second kappa shape index (κ2) is 8.75. The molecule has 0 radical (unpaired) electrons. The van der Waals surface area contributed by atoms with Gasteiger partial charge in [0.15, 0.2) is 0 Å². The van der Waals surface area contributed by atoms with E-state index in [1.54, 1.807) is 0 Å². The Kier molecular flexibility index (Phi) is 7.31. The Bertz CT molecular complexity index is 389. The molecule has 3 nitrogen and oxygen atoms in total. The SMILES string of the molecule is CC(C)CC(CNC(C)CCc1ccccc1)C(=O)O. The third-order valence-electron chi connectivity index (χ3n) is 3.53. The Morgan fingerprint density at radius 2 is 1.85 bits per heavy atom. The van der Waals surface area contributed by atoms with Crippen LogP contribution in [-0.4, -0.2) is 23.7 Å². The second-order valence-corrected chi connectivity index (χ2v) is 6.00. The van der Waals surface area contributed by atoms with Crippen molar-refractivity contribution in [2.75, 3.05) is 6.54 Å². The summed E-state index contributed by atoms with van der Waals surface area (Å²) in [4.78, 5) is 11.2. The maximum atomic E-state index is 11.2. The molecule has 3 heteroatoms. The molecule has 1 aromatic carbocycles. The molecule has 0 saturated heterocycles. The molecule has 0 amide bonds. The summed E-state index contributed by atoms with van der Waals surface area (Å²) in [6.07, 6.45) is 2.78. The second-order valence-electron chi connectivity index (χ2n) is 6.00. The summed E-state index contributed by atoms with van der Waals surface area (Å²) in [7, 11) is 0. The van der Waals surface area contributed by atoms with Crippen molar-refractivity contribution in [3.05, 3.63) is 35.9 Å². The molecule has 0 aromatic heterocycles. The van der Waals surface area contributed by atoms with E-state index in [2.05, 4.69) is 50.4 Å². The molecule has 0 bridgehead atoms.